The SMILES string of the molecule is Cc1cccc(-n2c(=O)[nH]c(C(=O)O)c(CN3CCOCC3)c2=O)c1C. The normalized spacial score (nSPS) is 15.2. The summed E-state index contributed by atoms with van der Waals surface area (Å²) in [6.45, 7) is 6.10. The summed E-state index contributed by atoms with van der Waals surface area (Å²) in [5.41, 5.74) is 0.536. The van der Waals surface area contributed by atoms with Crippen LogP contribution in [-0.4, -0.2) is 51.8 Å². The van der Waals surface area contributed by atoms with Gasteiger partial charge in [0, 0.05) is 19.6 Å². The van der Waals surface area contributed by atoms with Gasteiger partial charge in [-0.15, -0.1) is 0 Å². The molecule has 1 fully saturated rings. The van der Waals surface area contributed by atoms with Crippen LogP contribution in [0.15, 0.2) is 27.8 Å². The third-order valence-corrected chi connectivity index (χ3v) is 4.71. The molecule has 1 aliphatic rings. The summed E-state index contributed by atoms with van der Waals surface area (Å²) >= 11 is 0. The van der Waals surface area contributed by atoms with Crippen LogP contribution < -0.4 is 11.2 Å². The van der Waals surface area contributed by atoms with Crippen molar-refractivity contribution in [2.24, 2.45) is 0 Å². The van der Waals surface area contributed by atoms with E-state index < -0.39 is 17.2 Å². The van der Waals surface area contributed by atoms with Crippen molar-refractivity contribution in [1.29, 1.82) is 0 Å². The number of hydrogen-bond acceptors (Lipinski definition) is 5. The van der Waals surface area contributed by atoms with Gasteiger partial charge in [-0.3, -0.25) is 9.69 Å². The van der Waals surface area contributed by atoms with Gasteiger partial charge < -0.3 is 14.8 Å². The zero-order chi connectivity index (χ0) is 18.8. The first kappa shape index (κ1) is 18.1. The quantitative estimate of drug-likeness (QED) is 0.832. The lowest BCUT2D eigenvalue weighted by atomic mass is 10.1. The average Bonchev–Trinajstić information content (AvgIpc) is 2.61. The van der Waals surface area contributed by atoms with E-state index in [9.17, 15) is 19.5 Å². The largest absolute Gasteiger partial charge is 0.477 e. The van der Waals surface area contributed by atoms with Crippen LogP contribution in [0.25, 0.3) is 5.69 Å². The summed E-state index contributed by atoms with van der Waals surface area (Å²) in [5.74, 6) is -1.32. The Morgan fingerprint density at radius 1 is 1.23 bits per heavy atom. The molecule has 2 aromatic rings. The van der Waals surface area contributed by atoms with Crippen LogP contribution in [0.2, 0.25) is 0 Å². The molecule has 2 heterocycles. The summed E-state index contributed by atoms with van der Waals surface area (Å²) in [6.07, 6.45) is 0. The zero-order valence-corrected chi connectivity index (χ0v) is 14.7. The number of aryl methyl sites for hydroxylation is 1. The van der Waals surface area contributed by atoms with E-state index in [1.54, 1.807) is 12.1 Å². The zero-order valence-electron chi connectivity index (χ0n) is 14.7. The smallest absolute Gasteiger partial charge is 0.352 e. The van der Waals surface area contributed by atoms with Crippen molar-refractivity contribution in [3.8, 4) is 5.69 Å². The van der Waals surface area contributed by atoms with Gasteiger partial charge >= 0.3 is 11.7 Å². The number of aromatic amines is 1. The second-order valence-corrected chi connectivity index (χ2v) is 6.34. The molecule has 1 aromatic carbocycles. The molecule has 2 N–H and O–H groups in total. The highest BCUT2D eigenvalue weighted by molar-refractivity contribution is 5.86. The molecule has 8 nitrogen and oxygen atoms in total. The summed E-state index contributed by atoms with van der Waals surface area (Å²) in [7, 11) is 0. The van der Waals surface area contributed by atoms with Crippen LogP contribution in [0.3, 0.4) is 0 Å². The third-order valence-electron chi connectivity index (χ3n) is 4.71. The van der Waals surface area contributed by atoms with E-state index in [0.717, 1.165) is 15.7 Å². The molecule has 3 rings (SSSR count). The molecule has 138 valence electrons. The Labute approximate surface area is 149 Å². The number of ether oxygens (including phenoxy) is 1. The topological polar surface area (TPSA) is 105 Å². The minimum Gasteiger partial charge on any atom is -0.477 e. The Balaban J connectivity index is 2.19. The number of carboxylic acid groups (broad SMARTS) is 1. The lowest BCUT2D eigenvalue weighted by Gasteiger charge is -2.26. The fourth-order valence-corrected chi connectivity index (χ4v) is 3.08. The number of carboxylic acids is 1. The summed E-state index contributed by atoms with van der Waals surface area (Å²) in [5, 5.41) is 9.44. The van der Waals surface area contributed by atoms with E-state index >= 15 is 0 Å². The predicted octanol–water partition coefficient (Wildman–Crippen LogP) is 0.673. The maximum absolute atomic E-state index is 13.1. The van der Waals surface area contributed by atoms with Crippen LogP contribution >= 0.6 is 0 Å². The summed E-state index contributed by atoms with van der Waals surface area (Å²) < 4.78 is 6.31. The minimum atomic E-state index is -1.32. The second kappa shape index (κ2) is 7.27. The van der Waals surface area contributed by atoms with Gasteiger partial charge in [0.1, 0.15) is 5.69 Å². The van der Waals surface area contributed by atoms with E-state index in [2.05, 4.69) is 4.98 Å². The number of aromatic carboxylic acids is 1. The molecule has 26 heavy (non-hydrogen) atoms. The Kier molecular flexibility index (Phi) is 5.06. The molecule has 1 aliphatic heterocycles. The lowest BCUT2D eigenvalue weighted by molar-refractivity contribution is 0.0336. The van der Waals surface area contributed by atoms with E-state index in [0.29, 0.717) is 32.0 Å². The van der Waals surface area contributed by atoms with Crippen molar-refractivity contribution in [1.82, 2.24) is 14.5 Å². The number of hydrogen-bond donors (Lipinski definition) is 2. The molecular weight excluding hydrogens is 338 g/mol. The van der Waals surface area contributed by atoms with Gasteiger partial charge in [0.2, 0.25) is 0 Å². The Hall–Kier alpha value is -2.71. The van der Waals surface area contributed by atoms with Crippen molar-refractivity contribution in [2.75, 3.05) is 26.3 Å². The first-order valence-electron chi connectivity index (χ1n) is 8.38. The molecule has 0 atom stereocenters. The standard InChI is InChI=1S/C18H21N3O5/c1-11-4-3-5-14(12(11)2)21-16(22)13(10-20-6-8-26-9-7-20)15(17(23)24)19-18(21)25/h3-5H,6-10H2,1-2H3,(H,19,25)(H,23,24). The van der Waals surface area contributed by atoms with Gasteiger partial charge in [0.15, 0.2) is 0 Å². The molecule has 1 saturated heterocycles. The molecule has 0 spiro atoms. The number of rotatable bonds is 4. The number of benzene rings is 1. The van der Waals surface area contributed by atoms with E-state index in [-0.39, 0.29) is 17.8 Å². The third kappa shape index (κ3) is 3.33. The Bertz CT molecular complexity index is 954. The minimum absolute atomic E-state index is 0.0694. The van der Waals surface area contributed by atoms with Crippen molar-refractivity contribution in [2.45, 2.75) is 20.4 Å². The van der Waals surface area contributed by atoms with Gasteiger partial charge in [-0.2, -0.15) is 0 Å². The fraction of sp³-hybridized carbons (Fsp3) is 0.389. The van der Waals surface area contributed by atoms with Gasteiger partial charge in [-0.1, -0.05) is 12.1 Å². The highest BCUT2D eigenvalue weighted by Gasteiger charge is 2.23. The molecule has 0 aliphatic carbocycles. The number of carbonyl (C=O) groups is 1. The molecule has 0 saturated carbocycles. The van der Waals surface area contributed by atoms with Gasteiger partial charge in [-0.05, 0) is 31.0 Å². The van der Waals surface area contributed by atoms with Crippen LogP contribution in [0.4, 0.5) is 0 Å². The first-order valence-corrected chi connectivity index (χ1v) is 8.38. The number of morpholine rings is 1. The molecule has 0 unspecified atom stereocenters. The number of nitrogens with zero attached hydrogens (tertiary/aromatic N) is 2. The van der Waals surface area contributed by atoms with Gasteiger partial charge in [0.05, 0.1) is 24.5 Å². The molecular formula is C18H21N3O5. The maximum Gasteiger partial charge on any atom is 0.352 e. The summed E-state index contributed by atoms with van der Waals surface area (Å²) in [4.78, 5) is 41.4. The second-order valence-electron chi connectivity index (χ2n) is 6.34. The molecule has 0 amide bonds. The number of aromatic nitrogens is 2. The van der Waals surface area contributed by atoms with Crippen LogP contribution in [0, 0.1) is 13.8 Å². The molecule has 1 aromatic heterocycles. The Morgan fingerprint density at radius 2 is 1.92 bits per heavy atom. The van der Waals surface area contributed by atoms with E-state index in [1.165, 1.54) is 0 Å². The summed E-state index contributed by atoms with van der Waals surface area (Å²) in [6, 6.07) is 5.33. The molecule has 8 heteroatoms. The van der Waals surface area contributed by atoms with Crippen LogP contribution in [0.1, 0.15) is 27.2 Å². The highest BCUT2D eigenvalue weighted by Crippen LogP contribution is 2.15. The van der Waals surface area contributed by atoms with Crippen LogP contribution in [0.5, 0.6) is 0 Å². The monoisotopic (exact) mass is 359 g/mol. The number of H-pyrrole nitrogens is 1. The van der Waals surface area contributed by atoms with Crippen molar-refractivity contribution in [3.63, 3.8) is 0 Å². The molecule has 0 bridgehead atoms. The highest BCUT2D eigenvalue weighted by atomic mass is 16.5. The van der Waals surface area contributed by atoms with Crippen LogP contribution in [-0.2, 0) is 11.3 Å². The number of nitrogens with one attached hydrogen (secondary N) is 1. The average molecular weight is 359 g/mol. The van der Waals surface area contributed by atoms with Gasteiger partial charge in [-0.25, -0.2) is 14.2 Å². The predicted molar refractivity (Wildman–Crippen MR) is 95.2 cm³/mol. The molecule has 0 radical (unpaired) electrons. The van der Waals surface area contributed by atoms with Gasteiger partial charge in [0.25, 0.3) is 5.56 Å². The van der Waals surface area contributed by atoms with E-state index in [1.807, 2.05) is 24.8 Å². The lowest BCUT2D eigenvalue weighted by Crippen LogP contribution is -2.43. The van der Waals surface area contributed by atoms with E-state index in [4.69, 9.17) is 4.74 Å². The van der Waals surface area contributed by atoms with Crippen molar-refractivity contribution in [3.05, 3.63) is 61.4 Å². The first-order chi connectivity index (χ1) is 12.4. The Morgan fingerprint density at radius 3 is 2.58 bits per heavy atom. The maximum atomic E-state index is 13.1. The van der Waals surface area contributed by atoms with Crippen molar-refractivity contribution < 1.29 is 14.6 Å². The van der Waals surface area contributed by atoms with Crippen molar-refractivity contribution >= 4 is 5.97 Å². The fourth-order valence-electron chi connectivity index (χ4n) is 3.08.